The molecule has 1 aliphatic heterocycles. The highest BCUT2D eigenvalue weighted by Crippen LogP contribution is 2.28. The van der Waals surface area contributed by atoms with Gasteiger partial charge in [-0.15, -0.1) is 0 Å². The maximum Gasteiger partial charge on any atom is 0.0496 e. The maximum absolute atomic E-state index is 6.16. The van der Waals surface area contributed by atoms with Gasteiger partial charge >= 0.3 is 0 Å². The summed E-state index contributed by atoms with van der Waals surface area (Å²) in [6.07, 6.45) is 2.37. The number of nitrogens with two attached hydrogens (primary N) is 1. The first kappa shape index (κ1) is 26.1. The van der Waals surface area contributed by atoms with Crippen molar-refractivity contribution in [3.63, 3.8) is 0 Å². The first-order chi connectivity index (χ1) is 10.8. The van der Waals surface area contributed by atoms with Gasteiger partial charge in [0, 0.05) is 12.1 Å². The lowest BCUT2D eigenvalue weighted by atomic mass is 9.91. The van der Waals surface area contributed by atoms with Gasteiger partial charge in [0.15, 0.2) is 0 Å². The van der Waals surface area contributed by atoms with E-state index in [1.165, 1.54) is 12.0 Å². The molecule has 0 saturated carbocycles. The van der Waals surface area contributed by atoms with E-state index in [4.69, 9.17) is 5.73 Å². The summed E-state index contributed by atoms with van der Waals surface area (Å²) in [6, 6.07) is 11.3. The number of likely N-dealkylation sites (tertiary alicyclic amines) is 1. The van der Waals surface area contributed by atoms with Crippen molar-refractivity contribution in [1.29, 1.82) is 0 Å². The molecular formula is C20H42N2. The Morgan fingerprint density at radius 2 is 1.32 bits per heavy atom. The molecular weight excluding hydrogens is 268 g/mol. The lowest BCUT2D eigenvalue weighted by Gasteiger charge is -2.37. The highest BCUT2D eigenvalue weighted by Gasteiger charge is 2.27. The Kier molecular flexibility index (Phi) is 23.9. The highest BCUT2D eigenvalue weighted by molar-refractivity contribution is 5.21. The van der Waals surface area contributed by atoms with Crippen LogP contribution in [0, 0.1) is 0 Å². The minimum Gasteiger partial charge on any atom is -0.326 e. The molecule has 0 bridgehead atoms. The molecule has 22 heavy (non-hydrogen) atoms. The number of piperidine rings is 1. The number of hydrogen-bond donors (Lipinski definition) is 1. The van der Waals surface area contributed by atoms with E-state index in [9.17, 15) is 0 Å². The van der Waals surface area contributed by atoms with Crippen LogP contribution in [0.1, 0.15) is 79.8 Å². The highest BCUT2D eigenvalue weighted by atomic mass is 15.2. The normalized spacial score (nSPS) is 19.5. The van der Waals surface area contributed by atoms with E-state index >= 15 is 0 Å². The van der Waals surface area contributed by atoms with Crippen LogP contribution in [0.4, 0.5) is 0 Å². The van der Waals surface area contributed by atoms with Gasteiger partial charge in [-0.25, -0.2) is 0 Å². The third kappa shape index (κ3) is 9.97. The number of rotatable bonds is 1. The molecule has 1 saturated heterocycles. The van der Waals surface area contributed by atoms with Crippen LogP contribution in [0.2, 0.25) is 0 Å². The van der Waals surface area contributed by atoms with Gasteiger partial charge in [0.05, 0.1) is 0 Å². The van der Waals surface area contributed by atoms with Crippen LogP contribution in [0.5, 0.6) is 0 Å². The first-order valence-corrected chi connectivity index (χ1v) is 9.30. The Morgan fingerprint density at radius 1 is 0.864 bits per heavy atom. The smallest absolute Gasteiger partial charge is 0.0496 e. The van der Waals surface area contributed by atoms with Crippen molar-refractivity contribution >= 4 is 0 Å². The minimum atomic E-state index is 0.288. The second kappa shape index (κ2) is 20.1. The van der Waals surface area contributed by atoms with E-state index in [1.807, 2.05) is 55.4 Å². The van der Waals surface area contributed by atoms with Crippen LogP contribution < -0.4 is 5.73 Å². The molecule has 2 rings (SSSR count). The summed E-state index contributed by atoms with van der Waals surface area (Å²) >= 11 is 0. The van der Waals surface area contributed by atoms with Gasteiger partial charge in [-0.05, 0) is 32.0 Å². The standard InChI is InChI=1S/C12H18N2.4C2H6/c1-14-9-5-8-11(13)12(14)10-6-3-2-4-7-10;4*1-2/h2-4,6-7,11-12H,5,8-9,13H2,1H3;4*1-2H3. The monoisotopic (exact) mass is 310 g/mol. The fourth-order valence-corrected chi connectivity index (χ4v) is 2.35. The zero-order valence-electron chi connectivity index (χ0n) is 16.7. The Labute approximate surface area is 141 Å². The van der Waals surface area contributed by atoms with Gasteiger partial charge in [0.1, 0.15) is 0 Å². The van der Waals surface area contributed by atoms with Crippen LogP contribution in [-0.2, 0) is 0 Å². The summed E-state index contributed by atoms with van der Waals surface area (Å²) < 4.78 is 0. The summed E-state index contributed by atoms with van der Waals surface area (Å²) in [5.41, 5.74) is 7.51. The fraction of sp³-hybridized carbons (Fsp3) is 0.700. The molecule has 2 N–H and O–H groups in total. The van der Waals surface area contributed by atoms with Crippen LogP contribution in [-0.4, -0.2) is 24.5 Å². The second-order valence-electron chi connectivity index (χ2n) is 4.14. The Bertz CT molecular complexity index is 275. The summed E-state index contributed by atoms with van der Waals surface area (Å²) in [4.78, 5) is 2.36. The van der Waals surface area contributed by atoms with E-state index < -0.39 is 0 Å². The van der Waals surface area contributed by atoms with Gasteiger partial charge in [-0.2, -0.15) is 0 Å². The van der Waals surface area contributed by atoms with E-state index in [0.29, 0.717) is 6.04 Å². The van der Waals surface area contributed by atoms with Gasteiger partial charge in [-0.3, -0.25) is 4.90 Å². The molecule has 2 unspecified atom stereocenters. The lowest BCUT2D eigenvalue weighted by molar-refractivity contribution is 0.163. The predicted molar refractivity (Wildman–Crippen MR) is 104 cm³/mol. The summed E-state index contributed by atoms with van der Waals surface area (Å²) in [5, 5.41) is 0. The zero-order valence-corrected chi connectivity index (χ0v) is 16.7. The molecule has 2 heteroatoms. The molecule has 0 amide bonds. The van der Waals surface area contributed by atoms with Crippen LogP contribution in [0.3, 0.4) is 0 Å². The SMILES string of the molecule is CC.CC.CC.CC.CN1CCCC(N)C1c1ccccc1. The van der Waals surface area contributed by atoms with E-state index in [1.54, 1.807) is 0 Å². The molecule has 0 aromatic heterocycles. The van der Waals surface area contributed by atoms with Crippen LogP contribution >= 0.6 is 0 Å². The number of nitrogens with zero attached hydrogens (tertiary/aromatic N) is 1. The van der Waals surface area contributed by atoms with Crippen LogP contribution in [0.25, 0.3) is 0 Å². The zero-order chi connectivity index (χ0) is 18.0. The van der Waals surface area contributed by atoms with Crippen molar-refractivity contribution in [2.45, 2.75) is 80.3 Å². The Hall–Kier alpha value is -0.860. The molecule has 1 aliphatic rings. The van der Waals surface area contributed by atoms with Crippen molar-refractivity contribution in [3.05, 3.63) is 35.9 Å². The topological polar surface area (TPSA) is 29.3 Å². The fourth-order valence-electron chi connectivity index (χ4n) is 2.35. The average molecular weight is 311 g/mol. The van der Waals surface area contributed by atoms with Gasteiger partial charge < -0.3 is 5.73 Å². The average Bonchev–Trinajstić information content (AvgIpc) is 2.63. The molecule has 0 aliphatic carbocycles. The van der Waals surface area contributed by atoms with E-state index in [2.05, 4.69) is 42.3 Å². The quantitative estimate of drug-likeness (QED) is 0.701. The number of benzene rings is 1. The summed E-state index contributed by atoms with van der Waals surface area (Å²) in [7, 11) is 2.16. The lowest BCUT2D eigenvalue weighted by Crippen LogP contribution is -2.43. The predicted octanol–water partition coefficient (Wildman–Crippen LogP) is 5.89. The molecule has 1 aromatic carbocycles. The van der Waals surface area contributed by atoms with Crippen molar-refractivity contribution in [1.82, 2.24) is 4.90 Å². The largest absolute Gasteiger partial charge is 0.326 e. The molecule has 132 valence electrons. The van der Waals surface area contributed by atoms with Crippen molar-refractivity contribution in [3.8, 4) is 0 Å². The molecule has 1 aromatic rings. The third-order valence-corrected chi connectivity index (χ3v) is 3.07. The van der Waals surface area contributed by atoms with Crippen molar-refractivity contribution in [2.75, 3.05) is 13.6 Å². The first-order valence-electron chi connectivity index (χ1n) is 9.30. The number of likely N-dealkylation sites (N-methyl/N-ethyl adjacent to an activating group) is 1. The Balaban J connectivity index is -0.000000394. The van der Waals surface area contributed by atoms with E-state index in [-0.39, 0.29) is 6.04 Å². The number of hydrogen-bond acceptors (Lipinski definition) is 2. The minimum absolute atomic E-state index is 0.288. The van der Waals surface area contributed by atoms with Gasteiger partial charge in [0.25, 0.3) is 0 Å². The molecule has 2 nitrogen and oxygen atoms in total. The maximum atomic E-state index is 6.16. The van der Waals surface area contributed by atoms with Gasteiger partial charge in [-0.1, -0.05) is 85.7 Å². The second-order valence-corrected chi connectivity index (χ2v) is 4.14. The van der Waals surface area contributed by atoms with Crippen molar-refractivity contribution < 1.29 is 0 Å². The third-order valence-electron chi connectivity index (χ3n) is 3.07. The van der Waals surface area contributed by atoms with E-state index in [0.717, 1.165) is 13.0 Å². The van der Waals surface area contributed by atoms with Crippen molar-refractivity contribution in [2.24, 2.45) is 5.73 Å². The van der Waals surface area contributed by atoms with Crippen LogP contribution in [0.15, 0.2) is 30.3 Å². The Morgan fingerprint density at radius 3 is 1.73 bits per heavy atom. The molecule has 1 heterocycles. The van der Waals surface area contributed by atoms with Gasteiger partial charge in [0.2, 0.25) is 0 Å². The molecule has 0 spiro atoms. The summed E-state index contributed by atoms with van der Waals surface area (Å²) in [5.74, 6) is 0. The molecule has 0 radical (unpaired) electrons. The summed E-state index contributed by atoms with van der Waals surface area (Å²) in [6.45, 7) is 17.2. The molecule has 2 atom stereocenters. The molecule has 1 fully saturated rings.